The van der Waals surface area contributed by atoms with Gasteiger partial charge in [-0.25, -0.2) is 4.39 Å². The molecular weight excluding hydrogens is 267 g/mol. The number of hydrogen-bond acceptors (Lipinski definition) is 3. The molecule has 1 fully saturated rings. The van der Waals surface area contributed by atoms with Crippen molar-refractivity contribution in [2.45, 2.75) is 39.3 Å². The molecule has 0 aromatic heterocycles. The Labute approximate surface area is 127 Å². The molecular formula is C17H27FN2O. The van der Waals surface area contributed by atoms with E-state index in [0.717, 1.165) is 37.7 Å². The number of halogens is 1. The van der Waals surface area contributed by atoms with Crippen molar-refractivity contribution in [2.24, 2.45) is 5.92 Å². The Bertz CT molecular complexity index is 444. The Morgan fingerprint density at radius 2 is 2.05 bits per heavy atom. The maximum atomic E-state index is 13.8. The largest absolute Gasteiger partial charge is 0.494 e. The van der Waals surface area contributed by atoms with Gasteiger partial charge in [0.2, 0.25) is 0 Å². The van der Waals surface area contributed by atoms with Crippen LogP contribution in [0.5, 0.6) is 5.75 Å². The van der Waals surface area contributed by atoms with Gasteiger partial charge >= 0.3 is 0 Å². The van der Waals surface area contributed by atoms with Crippen LogP contribution in [0.2, 0.25) is 0 Å². The van der Waals surface area contributed by atoms with Crippen LogP contribution in [0.3, 0.4) is 0 Å². The van der Waals surface area contributed by atoms with Crippen molar-refractivity contribution < 1.29 is 9.13 Å². The summed E-state index contributed by atoms with van der Waals surface area (Å²) in [6.07, 6.45) is 2.47. The molecule has 21 heavy (non-hydrogen) atoms. The van der Waals surface area contributed by atoms with Gasteiger partial charge in [0.15, 0.2) is 11.6 Å². The summed E-state index contributed by atoms with van der Waals surface area (Å²) in [6.45, 7) is 8.54. The topological polar surface area (TPSA) is 24.5 Å². The van der Waals surface area contributed by atoms with E-state index in [1.54, 1.807) is 12.1 Å². The lowest BCUT2D eigenvalue weighted by Crippen LogP contribution is -2.39. The molecule has 0 spiro atoms. The van der Waals surface area contributed by atoms with E-state index < -0.39 is 0 Å². The molecule has 1 aliphatic heterocycles. The first-order chi connectivity index (χ1) is 10.1. The molecule has 0 radical (unpaired) electrons. The van der Waals surface area contributed by atoms with E-state index in [-0.39, 0.29) is 5.82 Å². The maximum Gasteiger partial charge on any atom is 0.165 e. The number of benzene rings is 1. The predicted octanol–water partition coefficient (Wildman–Crippen LogP) is 3.04. The molecule has 0 bridgehead atoms. The first-order valence-corrected chi connectivity index (χ1v) is 7.87. The van der Waals surface area contributed by atoms with Crippen molar-refractivity contribution in [2.75, 3.05) is 26.7 Å². The molecule has 1 aliphatic rings. The van der Waals surface area contributed by atoms with Crippen LogP contribution in [0, 0.1) is 11.7 Å². The van der Waals surface area contributed by atoms with Gasteiger partial charge in [0.1, 0.15) is 0 Å². The van der Waals surface area contributed by atoms with Gasteiger partial charge in [-0.15, -0.1) is 0 Å². The summed E-state index contributed by atoms with van der Waals surface area (Å²) >= 11 is 0. The number of nitrogens with zero attached hydrogens (tertiary/aromatic N) is 1. The van der Waals surface area contributed by atoms with E-state index in [4.69, 9.17) is 4.74 Å². The summed E-state index contributed by atoms with van der Waals surface area (Å²) in [4.78, 5) is 2.44. The van der Waals surface area contributed by atoms with Crippen molar-refractivity contribution >= 4 is 0 Å². The number of piperidine rings is 1. The standard InChI is InChI=1S/C17H27FN2O/c1-13(2)20(11-14-6-8-19-9-7-14)12-15-4-5-17(21-3)16(18)10-15/h4-5,10,13-14,19H,6-9,11-12H2,1-3H3. The third kappa shape index (κ3) is 4.68. The van der Waals surface area contributed by atoms with E-state index in [0.29, 0.717) is 11.8 Å². The first kappa shape index (κ1) is 16.2. The number of nitrogens with one attached hydrogen (secondary N) is 1. The minimum atomic E-state index is -0.277. The van der Waals surface area contributed by atoms with Crippen LogP contribution in [0.1, 0.15) is 32.3 Å². The van der Waals surface area contributed by atoms with Gasteiger partial charge in [-0.05, 0) is 63.4 Å². The lowest BCUT2D eigenvalue weighted by atomic mass is 9.96. The minimum absolute atomic E-state index is 0.277. The maximum absolute atomic E-state index is 13.8. The fourth-order valence-electron chi connectivity index (χ4n) is 2.90. The monoisotopic (exact) mass is 294 g/mol. The Morgan fingerprint density at radius 3 is 2.62 bits per heavy atom. The highest BCUT2D eigenvalue weighted by molar-refractivity contribution is 5.29. The molecule has 0 unspecified atom stereocenters. The van der Waals surface area contributed by atoms with Crippen LogP contribution in [0.15, 0.2) is 18.2 Å². The van der Waals surface area contributed by atoms with E-state index in [2.05, 4.69) is 24.1 Å². The molecule has 1 heterocycles. The SMILES string of the molecule is COc1ccc(CN(CC2CCNCC2)C(C)C)cc1F. The van der Waals surface area contributed by atoms with Crippen LogP contribution in [0.4, 0.5) is 4.39 Å². The number of methoxy groups -OCH3 is 1. The average Bonchev–Trinajstić information content (AvgIpc) is 2.48. The molecule has 0 atom stereocenters. The second-order valence-electron chi connectivity index (χ2n) is 6.19. The summed E-state index contributed by atoms with van der Waals surface area (Å²) in [5.41, 5.74) is 1.01. The summed E-state index contributed by atoms with van der Waals surface area (Å²) in [6, 6.07) is 5.73. The molecule has 1 saturated heterocycles. The second kappa shape index (κ2) is 7.76. The average molecular weight is 294 g/mol. The fraction of sp³-hybridized carbons (Fsp3) is 0.647. The summed E-state index contributed by atoms with van der Waals surface area (Å²) in [5, 5.41) is 3.41. The van der Waals surface area contributed by atoms with Crippen molar-refractivity contribution in [3.63, 3.8) is 0 Å². The van der Waals surface area contributed by atoms with Crippen molar-refractivity contribution in [1.82, 2.24) is 10.2 Å². The molecule has 0 saturated carbocycles. The van der Waals surface area contributed by atoms with Crippen molar-refractivity contribution in [3.05, 3.63) is 29.6 Å². The van der Waals surface area contributed by atoms with Crippen LogP contribution in [-0.4, -0.2) is 37.7 Å². The Kier molecular flexibility index (Phi) is 6.00. The highest BCUT2D eigenvalue weighted by Crippen LogP contribution is 2.21. The van der Waals surface area contributed by atoms with E-state index >= 15 is 0 Å². The molecule has 0 aliphatic carbocycles. The highest BCUT2D eigenvalue weighted by atomic mass is 19.1. The minimum Gasteiger partial charge on any atom is -0.494 e. The van der Waals surface area contributed by atoms with Crippen molar-refractivity contribution in [3.8, 4) is 5.75 Å². The lowest BCUT2D eigenvalue weighted by Gasteiger charge is -2.32. The zero-order valence-electron chi connectivity index (χ0n) is 13.4. The Morgan fingerprint density at radius 1 is 1.33 bits per heavy atom. The molecule has 2 rings (SSSR count). The first-order valence-electron chi connectivity index (χ1n) is 7.87. The van der Waals surface area contributed by atoms with Crippen LogP contribution < -0.4 is 10.1 Å². The number of ether oxygens (including phenoxy) is 1. The fourth-order valence-corrected chi connectivity index (χ4v) is 2.90. The van der Waals surface area contributed by atoms with Gasteiger partial charge in [-0.1, -0.05) is 6.07 Å². The Hall–Kier alpha value is -1.13. The molecule has 118 valence electrons. The van der Waals surface area contributed by atoms with Gasteiger partial charge in [-0.3, -0.25) is 4.90 Å². The zero-order chi connectivity index (χ0) is 15.2. The molecule has 1 N–H and O–H groups in total. The van der Waals surface area contributed by atoms with Crippen LogP contribution in [-0.2, 0) is 6.54 Å². The molecule has 1 aromatic carbocycles. The quantitative estimate of drug-likeness (QED) is 0.873. The molecule has 1 aromatic rings. The highest BCUT2D eigenvalue weighted by Gasteiger charge is 2.19. The lowest BCUT2D eigenvalue weighted by molar-refractivity contribution is 0.161. The summed E-state index contributed by atoms with van der Waals surface area (Å²) < 4.78 is 18.8. The summed E-state index contributed by atoms with van der Waals surface area (Å²) in [5.74, 6) is 0.783. The number of rotatable bonds is 6. The molecule has 4 heteroatoms. The number of hydrogen-bond donors (Lipinski definition) is 1. The smallest absolute Gasteiger partial charge is 0.165 e. The zero-order valence-corrected chi connectivity index (χ0v) is 13.4. The van der Waals surface area contributed by atoms with E-state index in [1.807, 2.05) is 6.07 Å². The van der Waals surface area contributed by atoms with Gasteiger partial charge in [-0.2, -0.15) is 0 Å². The van der Waals surface area contributed by atoms with Gasteiger partial charge in [0, 0.05) is 19.1 Å². The molecule has 3 nitrogen and oxygen atoms in total. The van der Waals surface area contributed by atoms with Crippen LogP contribution >= 0.6 is 0 Å². The van der Waals surface area contributed by atoms with E-state index in [1.165, 1.54) is 20.0 Å². The van der Waals surface area contributed by atoms with Gasteiger partial charge in [0.25, 0.3) is 0 Å². The Balaban J connectivity index is 2.00. The summed E-state index contributed by atoms with van der Waals surface area (Å²) in [7, 11) is 1.50. The van der Waals surface area contributed by atoms with Gasteiger partial charge in [0.05, 0.1) is 7.11 Å². The third-order valence-electron chi connectivity index (χ3n) is 4.28. The predicted molar refractivity (Wildman–Crippen MR) is 84.1 cm³/mol. The van der Waals surface area contributed by atoms with Crippen LogP contribution in [0.25, 0.3) is 0 Å². The normalized spacial score (nSPS) is 16.7. The molecule has 0 amide bonds. The third-order valence-corrected chi connectivity index (χ3v) is 4.28. The van der Waals surface area contributed by atoms with Crippen molar-refractivity contribution in [1.29, 1.82) is 0 Å². The van der Waals surface area contributed by atoms with E-state index in [9.17, 15) is 4.39 Å². The van der Waals surface area contributed by atoms with Gasteiger partial charge < -0.3 is 10.1 Å². The second-order valence-corrected chi connectivity index (χ2v) is 6.19.